The van der Waals surface area contributed by atoms with Gasteiger partial charge in [-0.05, 0) is 31.4 Å². The number of carbonyl (C=O) groups is 5. The summed E-state index contributed by atoms with van der Waals surface area (Å²) in [6.45, 7) is 0.351. The standard InChI is InChI=1S/C22H33N5O7S/c23-9-5-4-8-15(22(33)34)25-21(32)17(11-18(28)29)27-20(31)16(26-19(30)14(24)12-35)10-13-6-2-1-3-7-13/h1-3,6-7,14-17,35H,4-5,8-12,23-24H2,(H,25,32)(H,26,30)(H,27,31)(H,28,29)(H,33,34). The summed E-state index contributed by atoms with van der Waals surface area (Å²) in [5.74, 6) is -5.12. The third kappa shape index (κ3) is 11.2. The first-order valence-electron chi connectivity index (χ1n) is 11.0. The zero-order valence-corrected chi connectivity index (χ0v) is 20.1. The Bertz CT molecular complexity index is 871. The topological polar surface area (TPSA) is 214 Å². The molecule has 13 heteroatoms. The molecule has 0 fully saturated rings. The zero-order valence-electron chi connectivity index (χ0n) is 19.2. The van der Waals surface area contributed by atoms with Gasteiger partial charge in [0.15, 0.2) is 0 Å². The van der Waals surface area contributed by atoms with E-state index in [1.54, 1.807) is 30.3 Å². The number of hydrogen-bond acceptors (Lipinski definition) is 8. The molecule has 0 aromatic heterocycles. The molecule has 1 aromatic carbocycles. The van der Waals surface area contributed by atoms with Gasteiger partial charge in [0.2, 0.25) is 17.7 Å². The predicted molar refractivity (Wildman–Crippen MR) is 131 cm³/mol. The van der Waals surface area contributed by atoms with E-state index in [1.165, 1.54) is 0 Å². The van der Waals surface area contributed by atoms with Gasteiger partial charge in [-0.25, -0.2) is 4.79 Å². The van der Waals surface area contributed by atoms with Gasteiger partial charge in [-0.1, -0.05) is 30.3 Å². The van der Waals surface area contributed by atoms with Crippen LogP contribution < -0.4 is 27.4 Å². The van der Waals surface area contributed by atoms with Crippen LogP contribution in [0, 0.1) is 0 Å². The van der Waals surface area contributed by atoms with Crippen LogP contribution in [0.3, 0.4) is 0 Å². The normalized spacial score (nSPS) is 14.1. The highest BCUT2D eigenvalue weighted by Crippen LogP contribution is 2.07. The molecular weight excluding hydrogens is 478 g/mol. The third-order valence-electron chi connectivity index (χ3n) is 5.02. The summed E-state index contributed by atoms with van der Waals surface area (Å²) in [5, 5.41) is 25.7. The molecule has 0 aliphatic heterocycles. The van der Waals surface area contributed by atoms with Crippen LogP contribution in [0.5, 0.6) is 0 Å². The lowest BCUT2D eigenvalue weighted by Crippen LogP contribution is -2.58. The number of carbonyl (C=O) groups excluding carboxylic acids is 3. The Labute approximate surface area is 208 Å². The van der Waals surface area contributed by atoms with Crippen molar-refractivity contribution in [3.8, 4) is 0 Å². The summed E-state index contributed by atoms with van der Waals surface area (Å²) in [7, 11) is 0. The first-order chi connectivity index (χ1) is 16.6. The Kier molecular flexibility index (Phi) is 13.4. The van der Waals surface area contributed by atoms with E-state index < -0.39 is 60.2 Å². The second-order valence-electron chi connectivity index (χ2n) is 7.88. The number of rotatable bonds is 16. The highest BCUT2D eigenvalue weighted by atomic mass is 32.1. The SMILES string of the molecule is NCCCCC(NC(=O)C(CC(=O)O)NC(=O)C(Cc1ccccc1)NC(=O)C(N)CS)C(=O)O. The van der Waals surface area contributed by atoms with Crippen molar-refractivity contribution in [2.24, 2.45) is 11.5 Å². The lowest BCUT2D eigenvalue weighted by molar-refractivity contribution is -0.143. The van der Waals surface area contributed by atoms with Crippen molar-refractivity contribution in [1.29, 1.82) is 0 Å². The summed E-state index contributed by atoms with van der Waals surface area (Å²) < 4.78 is 0. The van der Waals surface area contributed by atoms with Gasteiger partial charge in [-0.15, -0.1) is 0 Å². The second-order valence-corrected chi connectivity index (χ2v) is 8.25. The number of aliphatic carboxylic acids is 2. The fraction of sp³-hybridized carbons (Fsp3) is 0.500. The second kappa shape index (κ2) is 15.7. The molecule has 0 radical (unpaired) electrons. The Balaban J connectivity index is 3.04. The van der Waals surface area contributed by atoms with Crippen molar-refractivity contribution in [2.45, 2.75) is 56.3 Å². The molecule has 0 saturated carbocycles. The molecule has 35 heavy (non-hydrogen) atoms. The summed E-state index contributed by atoms with van der Waals surface area (Å²) in [6.07, 6.45) is 0.301. The number of nitrogens with two attached hydrogens (primary N) is 2. The quantitative estimate of drug-likeness (QED) is 0.0969. The summed E-state index contributed by atoms with van der Waals surface area (Å²) >= 11 is 3.97. The van der Waals surface area contributed by atoms with E-state index in [1.807, 2.05) is 0 Å². The van der Waals surface area contributed by atoms with Crippen LogP contribution in [0.1, 0.15) is 31.2 Å². The molecule has 12 nitrogen and oxygen atoms in total. The van der Waals surface area contributed by atoms with Crippen LogP contribution in [0.25, 0.3) is 0 Å². The molecule has 0 saturated heterocycles. The molecule has 4 atom stereocenters. The molecule has 0 aliphatic carbocycles. The van der Waals surface area contributed by atoms with E-state index in [9.17, 15) is 34.2 Å². The number of benzene rings is 1. The van der Waals surface area contributed by atoms with Gasteiger partial charge >= 0.3 is 11.9 Å². The zero-order chi connectivity index (χ0) is 26.4. The molecule has 0 bridgehead atoms. The minimum Gasteiger partial charge on any atom is -0.481 e. The van der Waals surface area contributed by atoms with Crippen LogP contribution in [-0.4, -0.2) is 76.3 Å². The smallest absolute Gasteiger partial charge is 0.326 e. The van der Waals surface area contributed by atoms with E-state index in [0.29, 0.717) is 24.9 Å². The molecule has 3 amide bonds. The Morgan fingerprint density at radius 2 is 1.43 bits per heavy atom. The first kappa shape index (κ1) is 29.9. The molecule has 194 valence electrons. The van der Waals surface area contributed by atoms with Gasteiger partial charge < -0.3 is 37.6 Å². The molecule has 9 N–H and O–H groups in total. The van der Waals surface area contributed by atoms with E-state index in [0.717, 1.165) is 0 Å². The lowest BCUT2D eigenvalue weighted by atomic mass is 10.0. The monoisotopic (exact) mass is 511 g/mol. The maximum atomic E-state index is 13.0. The molecular formula is C22H33N5O7S. The van der Waals surface area contributed by atoms with Crippen LogP contribution in [0.4, 0.5) is 0 Å². The van der Waals surface area contributed by atoms with Crippen LogP contribution in [-0.2, 0) is 30.4 Å². The molecule has 0 spiro atoms. The number of nitrogens with one attached hydrogen (secondary N) is 3. The number of carboxylic acids is 2. The van der Waals surface area contributed by atoms with Crippen molar-refractivity contribution in [3.05, 3.63) is 35.9 Å². The van der Waals surface area contributed by atoms with Crippen molar-refractivity contribution >= 4 is 42.3 Å². The van der Waals surface area contributed by atoms with Gasteiger partial charge in [-0.2, -0.15) is 12.6 Å². The molecule has 4 unspecified atom stereocenters. The number of unbranched alkanes of at least 4 members (excludes halogenated alkanes) is 1. The van der Waals surface area contributed by atoms with Crippen molar-refractivity contribution in [2.75, 3.05) is 12.3 Å². The third-order valence-corrected chi connectivity index (χ3v) is 5.42. The average molecular weight is 512 g/mol. The van der Waals surface area contributed by atoms with Gasteiger partial charge in [-0.3, -0.25) is 19.2 Å². The van der Waals surface area contributed by atoms with Crippen molar-refractivity contribution in [3.63, 3.8) is 0 Å². The predicted octanol–water partition coefficient (Wildman–Crippen LogP) is -1.37. The van der Waals surface area contributed by atoms with Gasteiger partial charge in [0.25, 0.3) is 0 Å². The van der Waals surface area contributed by atoms with E-state index in [-0.39, 0.29) is 18.6 Å². The highest BCUT2D eigenvalue weighted by molar-refractivity contribution is 7.80. The summed E-state index contributed by atoms with van der Waals surface area (Å²) in [5.41, 5.74) is 11.8. The largest absolute Gasteiger partial charge is 0.481 e. The summed E-state index contributed by atoms with van der Waals surface area (Å²) in [6, 6.07) is 3.67. The minimum absolute atomic E-state index is 0.0241. The number of thiol groups is 1. The Hall–Kier alpha value is -3.16. The molecule has 0 aliphatic rings. The number of carboxylic acid groups (broad SMARTS) is 2. The maximum absolute atomic E-state index is 13.0. The number of hydrogen-bond donors (Lipinski definition) is 8. The van der Waals surface area contributed by atoms with Gasteiger partial charge in [0, 0.05) is 12.2 Å². The highest BCUT2D eigenvalue weighted by Gasteiger charge is 2.31. The number of amides is 3. The van der Waals surface area contributed by atoms with E-state index >= 15 is 0 Å². The lowest BCUT2D eigenvalue weighted by Gasteiger charge is -2.24. The van der Waals surface area contributed by atoms with Crippen LogP contribution in [0.15, 0.2) is 30.3 Å². The minimum atomic E-state index is -1.58. The van der Waals surface area contributed by atoms with Crippen molar-refractivity contribution in [1.82, 2.24) is 16.0 Å². The molecule has 0 heterocycles. The Morgan fingerprint density at radius 1 is 0.857 bits per heavy atom. The first-order valence-corrected chi connectivity index (χ1v) is 11.7. The van der Waals surface area contributed by atoms with Crippen molar-refractivity contribution < 1.29 is 34.2 Å². The summed E-state index contributed by atoms with van der Waals surface area (Å²) in [4.78, 5) is 60.9. The molecule has 1 aromatic rings. The fourth-order valence-corrected chi connectivity index (χ4v) is 3.27. The van der Waals surface area contributed by atoms with Crippen LogP contribution >= 0.6 is 12.6 Å². The van der Waals surface area contributed by atoms with Gasteiger partial charge in [0.1, 0.15) is 18.1 Å². The van der Waals surface area contributed by atoms with E-state index in [2.05, 4.69) is 28.6 Å². The fourth-order valence-electron chi connectivity index (χ4n) is 3.10. The van der Waals surface area contributed by atoms with E-state index in [4.69, 9.17) is 11.5 Å². The Morgan fingerprint density at radius 3 is 1.97 bits per heavy atom. The van der Waals surface area contributed by atoms with Crippen LogP contribution in [0.2, 0.25) is 0 Å². The average Bonchev–Trinajstić information content (AvgIpc) is 2.82. The van der Waals surface area contributed by atoms with Gasteiger partial charge in [0.05, 0.1) is 12.5 Å². The molecule has 1 rings (SSSR count). The maximum Gasteiger partial charge on any atom is 0.326 e.